The first-order valence-electron chi connectivity index (χ1n) is 5.81. The van der Waals surface area contributed by atoms with Crippen LogP contribution in [0.15, 0.2) is 0 Å². The van der Waals surface area contributed by atoms with Crippen molar-refractivity contribution in [1.82, 2.24) is 4.90 Å². The molecule has 2 aliphatic heterocycles. The third kappa shape index (κ3) is 2.16. The van der Waals surface area contributed by atoms with Crippen molar-refractivity contribution in [1.29, 1.82) is 0 Å². The van der Waals surface area contributed by atoms with Crippen LogP contribution in [-0.4, -0.2) is 42.1 Å². The number of carbonyl (C=O) groups excluding carboxylic acids is 1. The van der Waals surface area contributed by atoms with Crippen molar-refractivity contribution < 1.29 is 9.53 Å². The van der Waals surface area contributed by atoms with Gasteiger partial charge >= 0.3 is 0 Å². The molecule has 0 aromatic carbocycles. The number of likely N-dealkylation sites (tertiary alicyclic amines) is 1. The van der Waals surface area contributed by atoms with Crippen molar-refractivity contribution in [2.24, 2.45) is 5.73 Å². The van der Waals surface area contributed by atoms with Gasteiger partial charge in [-0.15, -0.1) is 0 Å². The summed E-state index contributed by atoms with van der Waals surface area (Å²) in [6.45, 7) is 4.14. The van der Waals surface area contributed by atoms with Crippen molar-refractivity contribution in [2.75, 3.05) is 19.7 Å². The van der Waals surface area contributed by atoms with Gasteiger partial charge in [0.1, 0.15) is 0 Å². The molecule has 2 saturated heterocycles. The standard InChI is InChI=1S/C11H20N2O2/c1-9(12)10(14)13-6-5-11(8-13)4-2-3-7-15-11/h9H,2-8,12H2,1H3/t9-,11+/m1/s1. The van der Waals surface area contributed by atoms with E-state index < -0.39 is 0 Å². The molecule has 0 aromatic heterocycles. The summed E-state index contributed by atoms with van der Waals surface area (Å²) in [7, 11) is 0. The van der Waals surface area contributed by atoms with Gasteiger partial charge in [-0.25, -0.2) is 0 Å². The Balaban J connectivity index is 1.96. The predicted molar refractivity (Wildman–Crippen MR) is 57.4 cm³/mol. The van der Waals surface area contributed by atoms with Gasteiger partial charge in [-0.2, -0.15) is 0 Å². The van der Waals surface area contributed by atoms with Crippen LogP contribution in [0.3, 0.4) is 0 Å². The van der Waals surface area contributed by atoms with Gasteiger partial charge in [0, 0.05) is 19.7 Å². The topological polar surface area (TPSA) is 55.6 Å². The smallest absolute Gasteiger partial charge is 0.239 e. The van der Waals surface area contributed by atoms with Gasteiger partial charge in [0.15, 0.2) is 0 Å². The molecular formula is C11H20N2O2. The first-order chi connectivity index (χ1) is 7.13. The van der Waals surface area contributed by atoms with E-state index in [0.717, 1.165) is 39.0 Å². The Kier molecular flexibility index (Phi) is 2.98. The van der Waals surface area contributed by atoms with Crippen LogP contribution in [0.5, 0.6) is 0 Å². The third-order valence-corrected chi connectivity index (χ3v) is 3.45. The number of hydrogen-bond donors (Lipinski definition) is 1. The van der Waals surface area contributed by atoms with E-state index in [1.165, 1.54) is 6.42 Å². The quantitative estimate of drug-likeness (QED) is 0.689. The molecule has 2 atom stereocenters. The monoisotopic (exact) mass is 212 g/mol. The van der Waals surface area contributed by atoms with Crippen LogP contribution < -0.4 is 5.73 Å². The molecule has 2 rings (SSSR count). The van der Waals surface area contributed by atoms with E-state index in [4.69, 9.17) is 10.5 Å². The second kappa shape index (κ2) is 4.10. The van der Waals surface area contributed by atoms with Gasteiger partial charge < -0.3 is 15.4 Å². The highest BCUT2D eigenvalue weighted by Crippen LogP contribution is 2.34. The lowest BCUT2D eigenvalue weighted by Gasteiger charge is -2.33. The van der Waals surface area contributed by atoms with Gasteiger partial charge in [-0.3, -0.25) is 4.79 Å². The number of carbonyl (C=O) groups is 1. The highest BCUT2D eigenvalue weighted by molar-refractivity contribution is 5.81. The summed E-state index contributed by atoms with van der Waals surface area (Å²) in [5, 5.41) is 0. The summed E-state index contributed by atoms with van der Waals surface area (Å²) in [4.78, 5) is 13.6. The highest BCUT2D eigenvalue weighted by atomic mass is 16.5. The summed E-state index contributed by atoms with van der Waals surface area (Å²) in [6, 6.07) is -0.385. The molecule has 0 saturated carbocycles. The molecule has 4 heteroatoms. The summed E-state index contributed by atoms with van der Waals surface area (Å²) in [5.74, 6) is 0.0565. The number of hydrogen-bond acceptors (Lipinski definition) is 3. The van der Waals surface area contributed by atoms with Crippen LogP contribution in [0.25, 0.3) is 0 Å². The van der Waals surface area contributed by atoms with E-state index in [1.54, 1.807) is 6.92 Å². The fraction of sp³-hybridized carbons (Fsp3) is 0.909. The zero-order chi connectivity index (χ0) is 10.9. The lowest BCUT2D eigenvalue weighted by molar-refractivity contribution is -0.133. The Labute approximate surface area is 90.8 Å². The maximum Gasteiger partial charge on any atom is 0.239 e. The summed E-state index contributed by atoms with van der Waals surface area (Å²) in [5.41, 5.74) is 5.56. The minimum Gasteiger partial charge on any atom is -0.373 e. The third-order valence-electron chi connectivity index (χ3n) is 3.45. The SMILES string of the molecule is C[C@@H](N)C(=O)N1CC[C@@]2(CCCCO2)C1. The van der Waals surface area contributed by atoms with Crippen LogP contribution in [0.2, 0.25) is 0 Å². The van der Waals surface area contributed by atoms with E-state index in [2.05, 4.69) is 0 Å². The number of nitrogens with zero attached hydrogens (tertiary/aromatic N) is 1. The molecule has 0 unspecified atom stereocenters. The highest BCUT2D eigenvalue weighted by Gasteiger charge is 2.42. The average molecular weight is 212 g/mol. The molecule has 86 valence electrons. The van der Waals surface area contributed by atoms with Crippen molar-refractivity contribution >= 4 is 5.91 Å². The summed E-state index contributed by atoms with van der Waals surface area (Å²) < 4.78 is 5.85. The van der Waals surface area contributed by atoms with E-state index in [1.807, 2.05) is 4.90 Å². The lowest BCUT2D eigenvalue weighted by Crippen LogP contribution is -2.45. The zero-order valence-electron chi connectivity index (χ0n) is 9.37. The molecular weight excluding hydrogens is 192 g/mol. The van der Waals surface area contributed by atoms with Gasteiger partial charge in [0.05, 0.1) is 11.6 Å². The maximum atomic E-state index is 11.7. The van der Waals surface area contributed by atoms with Gasteiger partial charge in [-0.1, -0.05) is 0 Å². The van der Waals surface area contributed by atoms with Gasteiger partial charge in [-0.05, 0) is 32.6 Å². The molecule has 1 spiro atoms. The normalized spacial score (nSPS) is 33.3. The minimum absolute atomic E-state index is 0.0389. The molecule has 0 aliphatic carbocycles. The largest absolute Gasteiger partial charge is 0.373 e. The Morgan fingerprint density at radius 3 is 2.87 bits per heavy atom. The number of rotatable bonds is 1. The molecule has 1 amide bonds. The fourth-order valence-corrected chi connectivity index (χ4v) is 2.55. The van der Waals surface area contributed by atoms with Gasteiger partial charge in [0.2, 0.25) is 5.91 Å². The Morgan fingerprint density at radius 1 is 1.47 bits per heavy atom. The number of nitrogens with two attached hydrogens (primary N) is 1. The number of ether oxygens (including phenoxy) is 1. The van der Waals surface area contributed by atoms with Gasteiger partial charge in [0.25, 0.3) is 0 Å². The maximum absolute atomic E-state index is 11.7. The molecule has 2 aliphatic rings. The minimum atomic E-state index is -0.385. The van der Waals surface area contributed by atoms with Crippen LogP contribution in [-0.2, 0) is 9.53 Å². The fourth-order valence-electron chi connectivity index (χ4n) is 2.55. The molecule has 0 aromatic rings. The molecule has 0 radical (unpaired) electrons. The molecule has 2 N–H and O–H groups in total. The molecule has 2 heterocycles. The molecule has 15 heavy (non-hydrogen) atoms. The second-order valence-corrected chi connectivity index (χ2v) is 4.79. The summed E-state index contributed by atoms with van der Waals surface area (Å²) in [6.07, 6.45) is 4.45. The Morgan fingerprint density at radius 2 is 2.27 bits per heavy atom. The second-order valence-electron chi connectivity index (χ2n) is 4.79. The van der Waals surface area contributed by atoms with Crippen LogP contribution in [0.4, 0.5) is 0 Å². The average Bonchev–Trinajstić information content (AvgIpc) is 2.62. The zero-order valence-corrected chi connectivity index (χ0v) is 9.37. The Bertz CT molecular complexity index is 247. The van der Waals surface area contributed by atoms with Crippen molar-refractivity contribution in [3.63, 3.8) is 0 Å². The Hall–Kier alpha value is -0.610. The van der Waals surface area contributed by atoms with Crippen molar-refractivity contribution in [3.8, 4) is 0 Å². The van der Waals surface area contributed by atoms with Crippen molar-refractivity contribution in [2.45, 2.75) is 44.2 Å². The molecule has 2 fully saturated rings. The summed E-state index contributed by atoms with van der Waals surface area (Å²) >= 11 is 0. The van der Waals surface area contributed by atoms with Crippen molar-refractivity contribution in [3.05, 3.63) is 0 Å². The predicted octanol–water partition coefficient (Wildman–Crippen LogP) is 0.505. The molecule has 4 nitrogen and oxygen atoms in total. The van der Waals surface area contributed by atoms with Crippen LogP contribution >= 0.6 is 0 Å². The van der Waals surface area contributed by atoms with Crippen LogP contribution in [0.1, 0.15) is 32.6 Å². The van der Waals surface area contributed by atoms with E-state index >= 15 is 0 Å². The first kappa shape index (κ1) is 10.9. The lowest BCUT2D eigenvalue weighted by atomic mass is 9.93. The van der Waals surface area contributed by atoms with E-state index in [0.29, 0.717) is 0 Å². The first-order valence-corrected chi connectivity index (χ1v) is 5.81. The van der Waals surface area contributed by atoms with E-state index in [-0.39, 0.29) is 17.6 Å². The molecule has 0 bridgehead atoms. The van der Waals surface area contributed by atoms with Crippen LogP contribution in [0, 0.1) is 0 Å². The van der Waals surface area contributed by atoms with E-state index in [9.17, 15) is 4.79 Å². The number of amides is 1.